The molecule has 0 amide bonds. The van der Waals surface area contributed by atoms with E-state index in [4.69, 9.17) is 15.2 Å². The summed E-state index contributed by atoms with van der Waals surface area (Å²) in [5, 5.41) is 6.49. The average molecular weight is 341 g/mol. The van der Waals surface area contributed by atoms with Crippen molar-refractivity contribution in [1.29, 1.82) is 0 Å². The van der Waals surface area contributed by atoms with Crippen molar-refractivity contribution in [1.82, 2.24) is 4.98 Å². The summed E-state index contributed by atoms with van der Waals surface area (Å²) in [6, 6.07) is 3.71. The lowest BCUT2D eigenvalue weighted by molar-refractivity contribution is 0.174. The lowest BCUT2D eigenvalue weighted by Gasteiger charge is -2.01. The van der Waals surface area contributed by atoms with Gasteiger partial charge in [-0.2, -0.15) is 5.10 Å². The molecule has 1 aliphatic heterocycles. The predicted molar refractivity (Wildman–Crippen MR) is 78.0 cm³/mol. The fraction of sp³-hybridized carbons (Fsp3) is 0.0909. The zero-order valence-corrected chi connectivity index (χ0v) is 12.0. The van der Waals surface area contributed by atoms with Gasteiger partial charge in [0, 0.05) is 15.4 Å². The van der Waals surface area contributed by atoms with Gasteiger partial charge in [-0.25, -0.2) is 4.98 Å². The molecule has 0 unspecified atom stereocenters. The number of hydrogen-bond acceptors (Lipinski definition) is 7. The van der Waals surface area contributed by atoms with Crippen molar-refractivity contribution in [2.24, 2.45) is 5.10 Å². The smallest absolute Gasteiger partial charge is 0.231 e. The first-order valence-corrected chi connectivity index (χ1v) is 6.99. The molecule has 8 heteroatoms. The largest absolute Gasteiger partial charge is 0.454 e. The molecule has 6 nitrogen and oxygen atoms in total. The monoisotopic (exact) mass is 340 g/mol. The summed E-state index contributed by atoms with van der Waals surface area (Å²) in [5.74, 6) is 1.92. The molecule has 0 saturated heterocycles. The second-order valence-corrected chi connectivity index (χ2v) is 5.39. The highest BCUT2D eigenvalue weighted by atomic mass is 79.9. The van der Waals surface area contributed by atoms with Gasteiger partial charge in [-0.3, -0.25) is 5.43 Å². The van der Waals surface area contributed by atoms with E-state index >= 15 is 0 Å². The summed E-state index contributed by atoms with van der Waals surface area (Å²) < 4.78 is 11.5. The Morgan fingerprint density at radius 2 is 2.21 bits per heavy atom. The van der Waals surface area contributed by atoms with Gasteiger partial charge in [0.2, 0.25) is 11.9 Å². The van der Waals surface area contributed by atoms with Crippen LogP contribution in [0.25, 0.3) is 0 Å². The van der Waals surface area contributed by atoms with Crippen molar-refractivity contribution in [3.8, 4) is 11.5 Å². The van der Waals surface area contributed by atoms with Crippen LogP contribution in [0.5, 0.6) is 11.5 Å². The van der Waals surface area contributed by atoms with Crippen LogP contribution in [0, 0.1) is 0 Å². The minimum absolute atomic E-state index is 0.249. The van der Waals surface area contributed by atoms with Gasteiger partial charge >= 0.3 is 0 Å². The molecule has 0 saturated carbocycles. The summed E-state index contributed by atoms with van der Waals surface area (Å²) >= 11 is 4.84. The third-order valence-corrected chi connectivity index (χ3v) is 3.83. The summed E-state index contributed by atoms with van der Waals surface area (Å²) in [4.78, 5) is 4.04. The van der Waals surface area contributed by atoms with Crippen LogP contribution in [0.4, 0.5) is 10.9 Å². The highest BCUT2D eigenvalue weighted by Crippen LogP contribution is 2.36. The number of nitrogens with two attached hydrogens (primary N) is 1. The molecular formula is C11H9BrN4O2S. The van der Waals surface area contributed by atoms with Crippen molar-refractivity contribution in [3.63, 3.8) is 0 Å². The van der Waals surface area contributed by atoms with E-state index in [1.807, 2.05) is 12.1 Å². The molecule has 2 aromatic rings. The van der Waals surface area contributed by atoms with Crippen LogP contribution in [0.3, 0.4) is 0 Å². The fourth-order valence-corrected chi connectivity index (χ4v) is 2.50. The standard InChI is InChI=1S/C11H9BrN4O2S/c12-7-2-9-8(17-5-18-9)1-6(7)3-14-16-11-15-10(13)4-19-11/h1-4H,5,13H2,(H,15,16). The number of nitrogens with zero attached hydrogens (tertiary/aromatic N) is 2. The molecule has 19 heavy (non-hydrogen) atoms. The molecule has 0 aliphatic carbocycles. The van der Waals surface area contributed by atoms with Crippen molar-refractivity contribution in [2.75, 3.05) is 18.0 Å². The lowest BCUT2D eigenvalue weighted by Crippen LogP contribution is -1.93. The SMILES string of the molecule is Nc1csc(NN=Cc2cc3c(cc2Br)OCO3)n1. The molecule has 3 rings (SSSR count). The average Bonchev–Trinajstić information content (AvgIpc) is 2.98. The zero-order valence-electron chi connectivity index (χ0n) is 9.59. The molecule has 1 aromatic heterocycles. The van der Waals surface area contributed by atoms with Crippen LogP contribution in [-0.4, -0.2) is 18.0 Å². The number of thiazole rings is 1. The number of fused-ring (bicyclic) bond motifs is 1. The van der Waals surface area contributed by atoms with E-state index < -0.39 is 0 Å². The number of nitrogens with one attached hydrogen (secondary N) is 1. The topological polar surface area (TPSA) is 81.8 Å². The number of benzene rings is 1. The third kappa shape index (κ3) is 2.64. The van der Waals surface area contributed by atoms with Gasteiger partial charge in [0.05, 0.1) is 6.21 Å². The number of aromatic nitrogens is 1. The molecular weight excluding hydrogens is 332 g/mol. The van der Waals surface area contributed by atoms with Gasteiger partial charge in [0.25, 0.3) is 0 Å². The van der Waals surface area contributed by atoms with E-state index in [0.717, 1.165) is 15.8 Å². The first kappa shape index (κ1) is 12.2. The molecule has 0 radical (unpaired) electrons. The summed E-state index contributed by atoms with van der Waals surface area (Å²) in [6.45, 7) is 0.249. The van der Waals surface area contributed by atoms with Gasteiger partial charge in [-0.15, -0.1) is 11.3 Å². The number of halogens is 1. The van der Waals surface area contributed by atoms with E-state index in [0.29, 0.717) is 16.7 Å². The second kappa shape index (κ2) is 5.06. The first-order valence-electron chi connectivity index (χ1n) is 5.31. The number of nitrogen functional groups attached to an aromatic ring is 1. The number of rotatable bonds is 3. The Kier molecular flexibility index (Phi) is 3.26. The molecule has 1 aliphatic rings. The summed E-state index contributed by atoms with van der Waals surface area (Å²) in [5.41, 5.74) is 9.21. The Balaban J connectivity index is 1.76. The van der Waals surface area contributed by atoms with Crippen LogP contribution in [0.15, 0.2) is 27.1 Å². The molecule has 0 fully saturated rings. The van der Waals surface area contributed by atoms with Gasteiger partial charge in [0.15, 0.2) is 11.5 Å². The van der Waals surface area contributed by atoms with E-state index in [9.17, 15) is 0 Å². The van der Waals surface area contributed by atoms with Crippen LogP contribution >= 0.6 is 27.3 Å². The minimum atomic E-state index is 0.249. The van der Waals surface area contributed by atoms with Gasteiger partial charge in [-0.1, -0.05) is 0 Å². The highest BCUT2D eigenvalue weighted by Gasteiger charge is 2.15. The molecule has 98 valence electrons. The van der Waals surface area contributed by atoms with Crippen molar-refractivity contribution >= 4 is 44.4 Å². The quantitative estimate of drug-likeness (QED) is 0.663. The number of hydrazone groups is 1. The van der Waals surface area contributed by atoms with E-state index in [1.54, 1.807) is 11.6 Å². The Morgan fingerprint density at radius 3 is 2.95 bits per heavy atom. The minimum Gasteiger partial charge on any atom is -0.454 e. The summed E-state index contributed by atoms with van der Waals surface area (Å²) in [7, 11) is 0. The van der Waals surface area contributed by atoms with Crippen LogP contribution in [0.1, 0.15) is 5.56 Å². The number of hydrogen-bond donors (Lipinski definition) is 2. The number of anilines is 2. The van der Waals surface area contributed by atoms with Crippen molar-refractivity contribution in [2.45, 2.75) is 0 Å². The summed E-state index contributed by atoms with van der Waals surface area (Å²) in [6.07, 6.45) is 1.67. The van der Waals surface area contributed by atoms with Crippen LogP contribution in [-0.2, 0) is 0 Å². The maximum Gasteiger partial charge on any atom is 0.231 e. The molecule has 2 heterocycles. The third-order valence-electron chi connectivity index (χ3n) is 2.38. The van der Waals surface area contributed by atoms with Gasteiger partial charge < -0.3 is 15.2 Å². The maximum absolute atomic E-state index is 5.52. The Hall–Kier alpha value is -1.80. The van der Waals surface area contributed by atoms with Crippen molar-refractivity contribution < 1.29 is 9.47 Å². The second-order valence-electron chi connectivity index (χ2n) is 3.67. The zero-order chi connectivity index (χ0) is 13.2. The van der Waals surface area contributed by atoms with Gasteiger partial charge in [-0.05, 0) is 28.1 Å². The Bertz CT molecular complexity index is 644. The van der Waals surface area contributed by atoms with Crippen LogP contribution < -0.4 is 20.6 Å². The molecule has 0 bridgehead atoms. The molecule has 1 aromatic carbocycles. The fourth-order valence-electron chi connectivity index (χ4n) is 1.53. The predicted octanol–water partition coefficient (Wildman–Crippen LogP) is 2.66. The van der Waals surface area contributed by atoms with E-state index in [-0.39, 0.29) is 6.79 Å². The first-order chi connectivity index (χ1) is 9.22. The van der Waals surface area contributed by atoms with Crippen molar-refractivity contribution in [3.05, 3.63) is 27.5 Å². The maximum atomic E-state index is 5.52. The molecule has 0 spiro atoms. The van der Waals surface area contributed by atoms with Crippen LogP contribution in [0.2, 0.25) is 0 Å². The number of ether oxygens (including phenoxy) is 2. The molecule has 3 N–H and O–H groups in total. The highest BCUT2D eigenvalue weighted by molar-refractivity contribution is 9.10. The van der Waals surface area contributed by atoms with Gasteiger partial charge in [0.1, 0.15) is 5.82 Å². The Labute approximate surface area is 121 Å². The molecule has 0 atom stereocenters. The Morgan fingerprint density at radius 1 is 1.42 bits per heavy atom. The van der Waals surface area contributed by atoms with E-state index in [2.05, 4.69) is 31.4 Å². The lowest BCUT2D eigenvalue weighted by atomic mass is 10.2. The van der Waals surface area contributed by atoms with E-state index in [1.165, 1.54) is 11.3 Å². The normalized spacial score (nSPS) is 13.1.